The summed E-state index contributed by atoms with van der Waals surface area (Å²) in [7, 11) is 1.42. The Kier molecular flexibility index (Phi) is 7.88. The van der Waals surface area contributed by atoms with Crippen LogP contribution in [-0.2, 0) is 0 Å². The van der Waals surface area contributed by atoms with Crippen molar-refractivity contribution in [3.05, 3.63) is 42.2 Å². The van der Waals surface area contributed by atoms with E-state index >= 15 is 0 Å². The summed E-state index contributed by atoms with van der Waals surface area (Å²) < 4.78 is 44.6. The SMILES string of the molecule is COc1cc(-c2cnc3cc(OCCCN4CCCCC4)ccn23)cc(OC(F)F)c1C(=O)CC1CC1. The van der Waals surface area contributed by atoms with E-state index < -0.39 is 6.61 Å². The maximum Gasteiger partial charge on any atom is 0.387 e. The van der Waals surface area contributed by atoms with E-state index in [1.807, 2.05) is 22.7 Å². The quantitative estimate of drug-likeness (QED) is 0.224. The molecule has 3 aromatic rings. The van der Waals surface area contributed by atoms with Gasteiger partial charge in [-0.25, -0.2) is 4.98 Å². The first-order chi connectivity index (χ1) is 18.0. The number of Topliss-reactive ketones (excluding diaryl/α,β-unsaturated/α-hetero) is 1. The Morgan fingerprint density at radius 3 is 2.65 bits per heavy atom. The zero-order valence-electron chi connectivity index (χ0n) is 21.1. The second-order valence-electron chi connectivity index (χ2n) is 9.84. The molecule has 0 atom stereocenters. The van der Waals surface area contributed by atoms with E-state index in [4.69, 9.17) is 14.2 Å². The van der Waals surface area contributed by atoms with E-state index in [1.54, 1.807) is 12.3 Å². The number of rotatable bonds is 12. The van der Waals surface area contributed by atoms with Gasteiger partial charge in [0.15, 0.2) is 5.78 Å². The van der Waals surface area contributed by atoms with Gasteiger partial charge in [-0.05, 0) is 69.3 Å². The number of benzene rings is 1. The van der Waals surface area contributed by atoms with Gasteiger partial charge < -0.3 is 19.1 Å². The molecule has 1 aliphatic heterocycles. The summed E-state index contributed by atoms with van der Waals surface area (Å²) in [6.07, 6.45) is 10.6. The number of nitrogens with zero attached hydrogens (tertiary/aromatic N) is 3. The fourth-order valence-corrected chi connectivity index (χ4v) is 4.98. The molecule has 3 heterocycles. The van der Waals surface area contributed by atoms with Crippen molar-refractivity contribution in [1.29, 1.82) is 0 Å². The van der Waals surface area contributed by atoms with Crippen molar-refractivity contribution in [2.24, 2.45) is 5.92 Å². The lowest BCUT2D eigenvalue weighted by molar-refractivity contribution is -0.0502. The minimum absolute atomic E-state index is 0.0625. The van der Waals surface area contributed by atoms with Gasteiger partial charge in [-0.2, -0.15) is 8.78 Å². The average Bonchev–Trinajstić information content (AvgIpc) is 3.61. The molecule has 0 radical (unpaired) electrons. The van der Waals surface area contributed by atoms with Crippen molar-refractivity contribution in [3.8, 4) is 28.5 Å². The summed E-state index contributed by atoms with van der Waals surface area (Å²) in [6.45, 7) is 0.951. The van der Waals surface area contributed by atoms with Gasteiger partial charge >= 0.3 is 6.61 Å². The van der Waals surface area contributed by atoms with Crippen LogP contribution in [0.1, 0.15) is 55.3 Å². The van der Waals surface area contributed by atoms with Gasteiger partial charge in [0.25, 0.3) is 0 Å². The average molecular weight is 514 g/mol. The summed E-state index contributed by atoms with van der Waals surface area (Å²) >= 11 is 0. The van der Waals surface area contributed by atoms with Crippen molar-refractivity contribution in [2.45, 2.75) is 51.6 Å². The van der Waals surface area contributed by atoms with Gasteiger partial charge in [0.05, 0.1) is 25.6 Å². The molecule has 1 aromatic carbocycles. The second-order valence-corrected chi connectivity index (χ2v) is 9.84. The Labute approximate surface area is 215 Å². The lowest BCUT2D eigenvalue weighted by Crippen LogP contribution is -2.31. The number of hydrogen-bond donors (Lipinski definition) is 0. The molecule has 2 aliphatic rings. The number of ketones is 1. The minimum atomic E-state index is -3.07. The second kappa shape index (κ2) is 11.5. The molecule has 37 heavy (non-hydrogen) atoms. The number of methoxy groups -OCH3 is 1. The van der Waals surface area contributed by atoms with Gasteiger partial charge in [0, 0.05) is 30.8 Å². The highest BCUT2D eigenvalue weighted by atomic mass is 19.3. The van der Waals surface area contributed by atoms with Crippen molar-refractivity contribution >= 4 is 11.4 Å². The van der Waals surface area contributed by atoms with Crippen LogP contribution in [0.25, 0.3) is 16.9 Å². The summed E-state index contributed by atoms with van der Waals surface area (Å²) in [5, 5.41) is 0. The number of piperidine rings is 1. The third-order valence-electron chi connectivity index (χ3n) is 7.07. The molecular formula is C28H33F2N3O4. The zero-order valence-corrected chi connectivity index (χ0v) is 21.1. The van der Waals surface area contributed by atoms with Crippen LogP contribution in [0.3, 0.4) is 0 Å². The summed E-state index contributed by atoms with van der Waals surface area (Å²) in [6, 6.07) is 6.85. The molecule has 5 rings (SSSR count). The Morgan fingerprint density at radius 1 is 1.14 bits per heavy atom. The van der Waals surface area contributed by atoms with Crippen LogP contribution in [0.2, 0.25) is 0 Å². The molecule has 0 bridgehead atoms. The first-order valence-corrected chi connectivity index (χ1v) is 13.0. The third kappa shape index (κ3) is 6.21. The number of alkyl halides is 2. The molecule has 2 aromatic heterocycles. The van der Waals surface area contributed by atoms with Gasteiger partial charge in [-0.15, -0.1) is 0 Å². The van der Waals surface area contributed by atoms with Crippen molar-refractivity contribution < 1.29 is 27.8 Å². The van der Waals surface area contributed by atoms with E-state index in [2.05, 4.69) is 9.88 Å². The smallest absolute Gasteiger partial charge is 0.387 e. The number of fused-ring (bicyclic) bond motifs is 1. The number of carbonyl (C=O) groups is 1. The van der Waals surface area contributed by atoms with Crippen LogP contribution >= 0.6 is 0 Å². The minimum Gasteiger partial charge on any atom is -0.496 e. The molecule has 1 aliphatic carbocycles. The molecular weight excluding hydrogens is 480 g/mol. The number of halogens is 2. The van der Waals surface area contributed by atoms with Crippen molar-refractivity contribution in [1.82, 2.24) is 14.3 Å². The molecule has 7 nitrogen and oxygen atoms in total. The summed E-state index contributed by atoms with van der Waals surface area (Å²) in [5.41, 5.74) is 1.93. The molecule has 1 saturated carbocycles. The van der Waals surface area contributed by atoms with Crippen LogP contribution in [-0.4, -0.2) is 60.0 Å². The summed E-state index contributed by atoms with van der Waals surface area (Å²) in [4.78, 5) is 19.9. The molecule has 0 N–H and O–H groups in total. The topological polar surface area (TPSA) is 65.3 Å². The number of hydrogen-bond acceptors (Lipinski definition) is 6. The van der Waals surface area contributed by atoms with E-state index in [1.165, 1.54) is 45.5 Å². The van der Waals surface area contributed by atoms with Crippen LogP contribution in [0, 0.1) is 5.92 Å². The van der Waals surface area contributed by atoms with Gasteiger partial charge in [-0.3, -0.25) is 9.20 Å². The molecule has 9 heteroatoms. The summed E-state index contributed by atoms with van der Waals surface area (Å²) in [5.74, 6) is 0.808. The third-order valence-corrected chi connectivity index (χ3v) is 7.07. The molecule has 198 valence electrons. The Morgan fingerprint density at radius 2 is 1.92 bits per heavy atom. The molecule has 0 amide bonds. The number of imidazole rings is 1. The van der Waals surface area contributed by atoms with E-state index in [9.17, 15) is 13.6 Å². The first kappa shape index (κ1) is 25.4. The van der Waals surface area contributed by atoms with Gasteiger partial charge in [0.2, 0.25) is 0 Å². The standard InChI is InChI=1S/C28H33F2N3O4/c1-35-24-15-20(16-25(37-28(29)30)27(24)23(34)14-19-6-7-19)22-18-31-26-17-21(8-12-33(22)26)36-13-5-11-32-9-3-2-4-10-32/h8,12,15-19,28H,2-7,9-11,13-14H2,1H3. The molecule has 1 saturated heterocycles. The first-order valence-electron chi connectivity index (χ1n) is 13.0. The largest absolute Gasteiger partial charge is 0.496 e. The lowest BCUT2D eigenvalue weighted by Gasteiger charge is -2.26. The molecule has 0 spiro atoms. The Bertz CT molecular complexity index is 1240. The normalized spacial score (nSPS) is 16.3. The fraction of sp³-hybridized carbons (Fsp3) is 0.500. The highest BCUT2D eigenvalue weighted by Gasteiger charge is 2.29. The van der Waals surface area contributed by atoms with Crippen molar-refractivity contribution in [3.63, 3.8) is 0 Å². The maximum absolute atomic E-state index is 13.3. The van der Waals surface area contributed by atoms with Crippen LogP contribution in [0.4, 0.5) is 8.78 Å². The monoisotopic (exact) mass is 513 g/mol. The Hall–Kier alpha value is -3.20. The fourth-order valence-electron chi connectivity index (χ4n) is 4.98. The van der Waals surface area contributed by atoms with Crippen LogP contribution < -0.4 is 14.2 Å². The Balaban J connectivity index is 1.34. The number of likely N-dealkylation sites (tertiary alicyclic amines) is 1. The van der Waals surface area contributed by atoms with Crippen LogP contribution in [0.15, 0.2) is 36.7 Å². The van der Waals surface area contributed by atoms with Crippen LogP contribution in [0.5, 0.6) is 17.2 Å². The highest BCUT2D eigenvalue weighted by molar-refractivity contribution is 6.02. The number of ether oxygens (including phenoxy) is 3. The molecule has 0 unspecified atom stereocenters. The van der Waals surface area contributed by atoms with Crippen molar-refractivity contribution in [2.75, 3.05) is 33.4 Å². The number of carbonyl (C=O) groups excluding carboxylic acids is 1. The predicted octanol–water partition coefficient (Wildman–Crippen LogP) is 5.85. The number of aromatic nitrogens is 2. The lowest BCUT2D eigenvalue weighted by atomic mass is 10.00. The van der Waals surface area contributed by atoms with E-state index in [-0.39, 0.29) is 22.8 Å². The zero-order chi connectivity index (χ0) is 25.8. The maximum atomic E-state index is 13.3. The van der Waals surface area contributed by atoms with Gasteiger partial charge in [0.1, 0.15) is 28.5 Å². The van der Waals surface area contributed by atoms with E-state index in [0.717, 1.165) is 31.6 Å². The molecule has 2 fully saturated rings. The predicted molar refractivity (Wildman–Crippen MR) is 136 cm³/mol. The van der Waals surface area contributed by atoms with Gasteiger partial charge in [-0.1, -0.05) is 6.42 Å². The van der Waals surface area contributed by atoms with E-state index in [0.29, 0.717) is 35.9 Å². The highest BCUT2D eigenvalue weighted by Crippen LogP contribution is 2.40. The number of pyridine rings is 1.